The zero-order chi connectivity index (χ0) is 17.8. The maximum Gasteiger partial charge on any atom is 0.408 e. The zero-order valence-electron chi connectivity index (χ0n) is 14.5. The van der Waals surface area contributed by atoms with Gasteiger partial charge in [0.2, 0.25) is 5.91 Å². The number of aryl methyl sites for hydroxylation is 1. The van der Waals surface area contributed by atoms with E-state index in [2.05, 4.69) is 10.6 Å². The number of rotatable bonds is 4. The lowest BCUT2D eigenvalue weighted by atomic mass is 10.0. The molecule has 1 unspecified atom stereocenters. The molecule has 0 radical (unpaired) electrons. The van der Waals surface area contributed by atoms with Crippen LogP contribution in [0.25, 0.3) is 0 Å². The average molecular weight is 324 g/mol. The van der Waals surface area contributed by atoms with Crippen LogP contribution in [0, 0.1) is 18.7 Å². The van der Waals surface area contributed by atoms with E-state index in [1.807, 2.05) is 0 Å². The maximum atomic E-state index is 13.8. The van der Waals surface area contributed by atoms with Crippen LogP contribution in [0.4, 0.5) is 14.9 Å². The van der Waals surface area contributed by atoms with Gasteiger partial charge < -0.3 is 15.4 Å². The number of anilines is 1. The van der Waals surface area contributed by atoms with Crippen LogP contribution in [0.1, 0.15) is 40.2 Å². The minimum Gasteiger partial charge on any atom is -0.444 e. The Balaban J connectivity index is 2.81. The topological polar surface area (TPSA) is 67.4 Å². The van der Waals surface area contributed by atoms with Crippen LogP contribution in [-0.2, 0) is 9.53 Å². The molecule has 0 spiro atoms. The van der Waals surface area contributed by atoms with Gasteiger partial charge >= 0.3 is 6.09 Å². The predicted molar refractivity (Wildman–Crippen MR) is 87.8 cm³/mol. The van der Waals surface area contributed by atoms with Crippen LogP contribution in [0.3, 0.4) is 0 Å². The van der Waals surface area contributed by atoms with Crippen molar-refractivity contribution in [3.05, 3.63) is 29.6 Å². The standard InChI is InChI=1S/C17H25FN2O3/c1-10(2)14(20-16(22)23-17(4,5)6)15(21)19-13-8-7-11(3)9-12(13)18/h7-10,14H,1-6H3,(H,19,21)(H,20,22). The van der Waals surface area contributed by atoms with Crippen LogP contribution < -0.4 is 10.6 Å². The first kappa shape index (κ1) is 18.9. The molecule has 0 aliphatic heterocycles. The molecule has 0 aromatic heterocycles. The summed E-state index contributed by atoms with van der Waals surface area (Å²) in [5.41, 5.74) is 0.176. The number of halogens is 1. The van der Waals surface area contributed by atoms with Gasteiger partial charge in [-0.2, -0.15) is 0 Å². The van der Waals surface area contributed by atoms with E-state index < -0.39 is 29.5 Å². The first-order valence-corrected chi connectivity index (χ1v) is 7.56. The van der Waals surface area contributed by atoms with E-state index in [4.69, 9.17) is 4.74 Å². The molecule has 5 nitrogen and oxygen atoms in total. The van der Waals surface area contributed by atoms with E-state index in [9.17, 15) is 14.0 Å². The highest BCUT2D eigenvalue weighted by Crippen LogP contribution is 2.17. The summed E-state index contributed by atoms with van der Waals surface area (Å²) in [5, 5.41) is 5.03. The van der Waals surface area contributed by atoms with Crippen molar-refractivity contribution < 1.29 is 18.7 Å². The Morgan fingerprint density at radius 1 is 1.22 bits per heavy atom. The van der Waals surface area contributed by atoms with E-state index >= 15 is 0 Å². The minimum absolute atomic E-state index is 0.0808. The van der Waals surface area contributed by atoms with Gasteiger partial charge in [-0.3, -0.25) is 4.79 Å². The molecule has 0 aliphatic carbocycles. The smallest absolute Gasteiger partial charge is 0.408 e. The molecule has 0 saturated carbocycles. The van der Waals surface area contributed by atoms with Crippen molar-refractivity contribution in [3.8, 4) is 0 Å². The van der Waals surface area contributed by atoms with Crippen LogP contribution in [0.15, 0.2) is 18.2 Å². The molecule has 1 aromatic rings. The summed E-state index contributed by atoms with van der Waals surface area (Å²) in [6.07, 6.45) is -0.685. The lowest BCUT2D eigenvalue weighted by Crippen LogP contribution is -2.48. The minimum atomic E-state index is -0.828. The van der Waals surface area contributed by atoms with E-state index in [0.717, 1.165) is 5.56 Å². The van der Waals surface area contributed by atoms with Crippen LogP contribution >= 0.6 is 0 Å². The fraction of sp³-hybridized carbons (Fsp3) is 0.529. The molecule has 6 heteroatoms. The molecule has 1 rings (SSSR count). The molecule has 0 bridgehead atoms. The van der Waals surface area contributed by atoms with Crippen molar-refractivity contribution in [1.29, 1.82) is 0 Å². The van der Waals surface area contributed by atoms with Gasteiger partial charge in [0.25, 0.3) is 0 Å². The van der Waals surface area contributed by atoms with Crippen molar-refractivity contribution in [2.45, 2.75) is 53.2 Å². The van der Waals surface area contributed by atoms with Gasteiger partial charge in [-0.25, -0.2) is 9.18 Å². The third-order valence-electron chi connectivity index (χ3n) is 3.00. The van der Waals surface area contributed by atoms with Gasteiger partial charge in [0.15, 0.2) is 0 Å². The van der Waals surface area contributed by atoms with E-state index in [-0.39, 0.29) is 11.6 Å². The van der Waals surface area contributed by atoms with Gasteiger partial charge in [0, 0.05) is 0 Å². The summed E-state index contributed by atoms with van der Waals surface area (Å²) in [6.45, 7) is 10.5. The predicted octanol–water partition coefficient (Wildman–Crippen LogP) is 3.62. The maximum absolute atomic E-state index is 13.8. The summed E-state index contributed by atoms with van der Waals surface area (Å²) in [6, 6.07) is 3.70. The molecule has 23 heavy (non-hydrogen) atoms. The highest BCUT2D eigenvalue weighted by molar-refractivity contribution is 5.96. The second-order valence-corrected chi connectivity index (χ2v) is 6.84. The van der Waals surface area contributed by atoms with Crippen molar-refractivity contribution >= 4 is 17.7 Å². The molecule has 0 heterocycles. The number of amides is 2. The van der Waals surface area contributed by atoms with Gasteiger partial charge in [-0.05, 0) is 51.3 Å². The number of alkyl carbamates (subject to hydrolysis) is 1. The molecule has 0 fully saturated rings. The zero-order valence-corrected chi connectivity index (χ0v) is 14.5. The second-order valence-electron chi connectivity index (χ2n) is 6.84. The molecule has 1 aromatic carbocycles. The van der Waals surface area contributed by atoms with Crippen molar-refractivity contribution in [3.63, 3.8) is 0 Å². The highest BCUT2D eigenvalue weighted by Gasteiger charge is 2.27. The summed E-state index contributed by atoms with van der Waals surface area (Å²) in [7, 11) is 0. The molecule has 2 amide bonds. The number of benzene rings is 1. The third kappa shape index (κ3) is 6.26. The highest BCUT2D eigenvalue weighted by atomic mass is 19.1. The largest absolute Gasteiger partial charge is 0.444 e. The fourth-order valence-corrected chi connectivity index (χ4v) is 1.90. The molecule has 0 saturated heterocycles. The number of nitrogens with one attached hydrogen (secondary N) is 2. The van der Waals surface area contributed by atoms with Gasteiger partial charge in [0.1, 0.15) is 17.5 Å². The lowest BCUT2D eigenvalue weighted by molar-refractivity contribution is -0.119. The first-order chi connectivity index (χ1) is 10.5. The third-order valence-corrected chi connectivity index (χ3v) is 3.00. The summed E-state index contributed by atoms with van der Waals surface area (Å²) in [4.78, 5) is 24.2. The average Bonchev–Trinajstić information content (AvgIpc) is 2.36. The number of hydrogen-bond donors (Lipinski definition) is 2. The van der Waals surface area contributed by atoms with Crippen LogP contribution in [-0.4, -0.2) is 23.6 Å². The normalized spacial score (nSPS) is 12.7. The van der Waals surface area contributed by atoms with Crippen LogP contribution in [0.5, 0.6) is 0 Å². The second kappa shape index (κ2) is 7.44. The SMILES string of the molecule is Cc1ccc(NC(=O)C(NC(=O)OC(C)(C)C)C(C)C)c(F)c1. The number of ether oxygens (including phenoxy) is 1. The Labute approximate surface area is 136 Å². The molecule has 1 atom stereocenters. The Bertz CT molecular complexity index is 580. The Hall–Kier alpha value is -2.11. The van der Waals surface area contributed by atoms with E-state index in [0.29, 0.717) is 0 Å². The molecule has 2 N–H and O–H groups in total. The molecule has 0 aliphatic rings. The number of hydrogen-bond acceptors (Lipinski definition) is 3. The summed E-state index contributed by atoms with van der Waals surface area (Å²) in [5.74, 6) is -1.19. The van der Waals surface area contributed by atoms with E-state index in [1.54, 1.807) is 47.6 Å². The Morgan fingerprint density at radius 2 is 1.83 bits per heavy atom. The van der Waals surface area contributed by atoms with Crippen LogP contribution in [0.2, 0.25) is 0 Å². The molecular formula is C17H25FN2O3. The fourth-order valence-electron chi connectivity index (χ4n) is 1.90. The Morgan fingerprint density at radius 3 is 2.30 bits per heavy atom. The van der Waals surface area contributed by atoms with Gasteiger partial charge in [-0.15, -0.1) is 0 Å². The van der Waals surface area contributed by atoms with Crippen molar-refractivity contribution in [2.75, 3.05) is 5.32 Å². The quantitative estimate of drug-likeness (QED) is 0.889. The van der Waals surface area contributed by atoms with Crippen molar-refractivity contribution in [1.82, 2.24) is 5.32 Å². The first-order valence-electron chi connectivity index (χ1n) is 7.56. The monoisotopic (exact) mass is 324 g/mol. The van der Waals surface area contributed by atoms with E-state index in [1.165, 1.54) is 12.1 Å². The van der Waals surface area contributed by atoms with Gasteiger partial charge in [-0.1, -0.05) is 19.9 Å². The van der Waals surface area contributed by atoms with Crippen molar-refractivity contribution in [2.24, 2.45) is 5.92 Å². The Kier molecular flexibility index (Phi) is 6.12. The molecular weight excluding hydrogens is 299 g/mol. The number of carbonyl (C=O) groups is 2. The number of carbonyl (C=O) groups excluding carboxylic acids is 2. The lowest BCUT2D eigenvalue weighted by Gasteiger charge is -2.25. The van der Waals surface area contributed by atoms with Gasteiger partial charge in [0.05, 0.1) is 5.69 Å². The summed E-state index contributed by atoms with van der Waals surface area (Å²) >= 11 is 0. The summed E-state index contributed by atoms with van der Waals surface area (Å²) < 4.78 is 19.0. The molecule has 128 valence electrons.